The molecule has 1 aromatic carbocycles. The minimum absolute atomic E-state index is 0.199. The van der Waals surface area contributed by atoms with Gasteiger partial charge in [0.05, 0.1) is 5.56 Å². The van der Waals surface area contributed by atoms with Crippen LogP contribution >= 0.6 is 0 Å². The Morgan fingerprint density at radius 3 is 2.73 bits per heavy atom. The molecule has 0 N–H and O–H groups in total. The molecule has 0 atom stereocenters. The highest BCUT2D eigenvalue weighted by Gasteiger charge is 2.13. The Kier molecular flexibility index (Phi) is 3.59. The molecule has 0 bridgehead atoms. The van der Waals surface area contributed by atoms with Crippen LogP contribution < -0.4 is 4.74 Å². The van der Waals surface area contributed by atoms with Gasteiger partial charge in [-0.25, -0.2) is 0 Å². The predicted octanol–water partition coefficient (Wildman–Crippen LogP) is 2.74. The van der Waals surface area contributed by atoms with Crippen molar-refractivity contribution in [2.45, 2.75) is 6.61 Å². The molecule has 0 aromatic heterocycles. The van der Waals surface area contributed by atoms with Gasteiger partial charge in [0.25, 0.3) is 5.91 Å². The van der Waals surface area contributed by atoms with E-state index in [1.807, 2.05) is 0 Å². The molecule has 0 aliphatic rings. The molecule has 0 spiro atoms. The summed E-state index contributed by atoms with van der Waals surface area (Å²) in [5, 5.41) is 2.78. The number of alkyl halides is 2. The van der Waals surface area contributed by atoms with Crippen LogP contribution in [0.5, 0.6) is 5.75 Å². The fourth-order valence-electron chi connectivity index (χ4n) is 0.937. The highest BCUT2D eigenvalue weighted by atomic mass is 19.3. The Labute approximate surface area is 82.9 Å². The number of benzene rings is 1. The van der Waals surface area contributed by atoms with E-state index in [0.717, 1.165) is 0 Å². The summed E-state index contributed by atoms with van der Waals surface area (Å²) in [6, 6.07) is 5.28. The molecule has 0 fully saturated rings. The van der Waals surface area contributed by atoms with Crippen LogP contribution in [0.2, 0.25) is 0 Å². The van der Waals surface area contributed by atoms with Crippen LogP contribution in [0.15, 0.2) is 29.4 Å². The fraction of sp³-hybridized carbons (Fsp3) is 0.125. The van der Waals surface area contributed by atoms with Gasteiger partial charge in [0.1, 0.15) is 5.75 Å². The first kappa shape index (κ1) is 10.9. The molecular formula is C8H5F2N3O2. The molecule has 0 saturated carbocycles. The Morgan fingerprint density at radius 1 is 1.47 bits per heavy atom. The van der Waals surface area contributed by atoms with Gasteiger partial charge in [-0.3, -0.25) is 4.79 Å². The maximum absolute atomic E-state index is 11.9. The van der Waals surface area contributed by atoms with Crippen molar-refractivity contribution in [3.8, 4) is 5.75 Å². The first-order valence-corrected chi connectivity index (χ1v) is 3.78. The van der Waals surface area contributed by atoms with Crippen molar-refractivity contribution < 1.29 is 18.3 Å². The standard InChI is InChI=1S/C8H5F2N3O2/c9-8(10)15-6-4-2-1-3-5(6)7(14)12-13-11/h1-4,8H. The highest BCUT2D eigenvalue weighted by molar-refractivity contribution is 5.97. The van der Waals surface area contributed by atoms with Gasteiger partial charge in [0.2, 0.25) is 0 Å². The van der Waals surface area contributed by atoms with Gasteiger partial charge in [0.15, 0.2) is 0 Å². The molecule has 78 valence electrons. The lowest BCUT2D eigenvalue weighted by molar-refractivity contribution is -0.0501. The van der Waals surface area contributed by atoms with Crippen molar-refractivity contribution in [2.24, 2.45) is 5.11 Å². The Balaban J connectivity index is 3.05. The van der Waals surface area contributed by atoms with Gasteiger partial charge in [0, 0.05) is 4.91 Å². The lowest BCUT2D eigenvalue weighted by Gasteiger charge is -2.07. The molecule has 0 saturated heterocycles. The average Bonchev–Trinajstić information content (AvgIpc) is 2.18. The third-order valence-electron chi connectivity index (χ3n) is 1.47. The predicted molar refractivity (Wildman–Crippen MR) is 46.6 cm³/mol. The van der Waals surface area contributed by atoms with Crippen molar-refractivity contribution in [1.29, 1.82) is 0 Å². The summed E-state index contributed by atoms with van der Waals surface area (Å²) in [6.45, 7) is -3.04. The number of hydrogen-bond acceptors (Lipinski definition) is 2. The zero-order valence-corrected chi connectivity index (χ0v) is 7.30. The molecular weight excluding hydrogens is 208 g/mol. The number of para-hydroxylation sites is 1. The number of halogens is 2. The maximum atomic E-state index is 11.9. The molecule has 0 heterocycles. The lowest BCUT2D eigenvalue weighted by atomic mass is 10.2. The molecule has 1 rings (SSSR count). The molecule has 15 heavy (non-hydrogen) atoms. The monoisotopic (exact) mass is 213 g/mol. The van der Waals surface area contributed by atoms with Gasteiger partial charge in [-0.15, -0.1) is 0 Å². The fourth-order valence-corrected chi connectivity index (χ4v) is 0.937. The second-order valence-electron chi connectivity index (χ2n) is 2.37. The van der Waals surface area contributed by atoms with Crippen molar-refractivity contribution in [3.63, 3.8) is 0 Å². The second-order valence-corrected chi connectivity index (χ2v) is 2.37. The van der Waals surface area contributed by atoms with E-state index in [4.69, 9.17) is 5.53 Å². The summed E-state index contributed by atoms with van der Waals surface area (Å²) in [7, 11) is 0. The van der Waals surface area contributed by atoms with E-state index in [-0.39, 0.29) is 11.3 Å². The van der Waals surface area contributed by atoms with Crippen LogP contribution in [0.1, 0.15) is 10.4 Å². The zero-order valence-electron chi connectivity index (χ0n) is 7.30. The van der Waals surface area contributed by atoms with E-state index >= 15 is 0 Å². The molecule has 1 amide bonds. The van der Waals surface area contributed by atoms with Crippen LogP contribution in [-0.2, 0) is 0 Å². The number of amides is 1. The normalized spacial score (nSPS) is 9.53. The average molecular weight is 213 g/mol. The third kappa shape index (κ3) is 2.92. The van der Waals surface area contributed by atoms with E-state index in [2.05, 4.69) is 14.8 Å². The van der Waals surface area contributed by atoms with Crippen LogP contribution in [-0.4, -0.2) is 12.5 Å². The van der Waals surface area contributed by atoms with E-state index in [1.165, 1.54) is 24.3 Å². The van der Waals surface area contributed by atoms with Gasteiger partial charge in [-0.1, -0.05) is 12.1 Å². The lowest BCUT2D eigenvalue weighted by Crippen LogP contribution is -2.06. The Hall–Kier alpha value is -2.14. The molecule has 0 unspecified atom stereocenters. The summed E-state index contributed by atoms with van der Waals surface area (Å²) in [5.74, 6) is -1.28. The minimum Gasteiger partial charge on any atom is -0.434 e. The number of ether oxygens (including phenoxy) is 1. The van der Waals surface area contributed by atoms with E-state index in [0.29, 0.717) is 0 Å². The third-order valence-corrected chi connectivity index (χ3v) is 1.47. The number of rotatable bonds is 3. The first-order valence-electron chi connectivity index (χ1n) is 3.78. The van der Waals surface area contributed by atoms with Crippen molar-refractivity contribution in [1.82, 2.24) is 0 Å². The zero-order chi connectivity index (χ0) is 11.3. The highest BCUT2D eigenvalue weighted by Crippen LogP contribution is 2.20. The largest absolute Gasteiger partial charge is 0.434 e. The molecule has 1 aromatic rings. The van der Waals surface area contributed by atoms with Crippen molar-refractivity contribution in [3.05, 3.63) is 40.3 Å². The summed E-state index contributed by atoms with van der Waals surface area (Å²) in [4.78, 5) is 13.4. The SMILES string of the molecule is [N-]=[N+]=NC(=O)c1ccccc1OC(F)F. The van der Waals surface area contributed by atoms with Crippen LogP contribution in [0.3, 0.4) is 0 Å². The number of azide groups is 1. The Morgan fingerprint density at radius 2 is 2.13 bits per heavy atom. The van der Waals surface area contributed by atoms with Gasteiger partial charge < -0.3 is 4.74 Å². The van der Waals surface area contributed by atoms with Gasteiger partial charge in [-0.05, 0) is 22.8 Å². The summed E-state index contributed by atoms with van der Waals surface area (Å²) in [5.41, 5.74) is 7.82. The first-order chi connectivity index (χ1) is 7.15. The molecule has 7 heteroatoms. The summed E-state index contributed by atoms with van der Waals surface area (Å²) in [6.07, 6.45) is 0. The second kappa shape index (κ2) is 4.92. The summed E-state index contributed by atoms with van der Waals surface area (Å²) < 4.78 is 27.9. The van der Waals surface area contributed by atoms with E-state index in [1.54, 1.807) is 0 Å². The van der Waals surface area contributed by atoms with Crippen molar-refractivity contribution in [2.75, 3.05) is 0 Å². The number of carbonyl (C=O) groups excluding carboxylic acids is 1. The summed E-state index contributed by atoms with van der Waals surface area (Å²) >= 11 is 0. The van der Waals surface area contributed by atoms with Crippen LogP contribution in [0.25, 0.3) is 10.4 Å². The smallest absolute Gasteiger partial charge is 0.387 e. The number of carbonyl (C=O) groups is 1. The molecule has 5 nitrogen and oxygen atoms in total. The van der Waals surface area contributed by atoms with Gasteiger partial charge >= 0.3 is 6.61 Å². The molecule has 0 radical (unpaired) electrons. The Bertz CT molecular complexity index is 416. The number of nitrogens with zero attached hydrogens (tertiary/aromatic N) is 3. The quantitative estimate of drug-likeness (QED) is 0.439. The van der Waals surface area contributed by atoms with Crippen LogP contribution in [0.4, 0.5) is 8.78 Å². The van der Waals surface area contributed by atoms with Crippen molar-refractivity contribution >= 4 is 5.91 Å². The number of hydrogen-bond donors (Lipinski definition) is 0. The molecule has 0 aliphatic heterocycles. The van der Waals surface area contributed by atoms with Gasteiger partial charge in [-0.2, -0.15) is 8.78 Å². The minimum atomic E-state index is -3.04. The topological polar surface area (TPSA) is 75.1 Å². The maximum Gasteiger partial charge on any atom is 0.387 e. The van der Waals surface area contributed by atoms with E-state index < -0.39 is 12.5 Å². The van der Waals surface area contributed by atoms with E-state index in [9.17, 15) is 13.6 Å². The van der Waals surface area contributed by atoms with Crippen LogP contribution in [0, 0.1) is 0 Å². The molecule has 0 aliphatic carbocycles.